The molecule has 0 aliphatic heterocycles. The SMILES string of the molecule is c1ccc(-c2cccc(C3(c4cccc(-c5ccccc5)c4)c4ccccc4-c4ccc(N(c5cccc6c5-c5ccccc5C65c6ccccc6-c6ccccc65)c5cccc6c5oc5ccccc56)cc43)c2)cc1. The summed E-state index contributed by atoms with van der Waals surface area (Å²) < 4.78 is 7.07. The monoisotopic (exact) mass is 965 g/mol. The Morgan fingerprint density at radius 1 is 0.276 bits per heavy atom. The van der Waals surface area contributed by atoms with Crippen molar-refractivity contribution in [3.63, 3.8) is 0 Å². The van der Waals surface area contributed by atoms with Gasteiger partial charge in [0.15, 0.2) is 5.58 Å². The van der Waals surface area contributed by atoms with E-state index in [-0.39, 0.29) is 0 Å². The van der Waals surface area contributed by atoms with Gasteiger partial charge < -0.3 is 9.32 Å². The summed E-state index contributed by atoms with van der Waals surface area (Å²) in [6, 6.07) is 106. The van der Waals surface area contributed by atoms with Crippen molar-refractivity contribution in [3.05, 3.63) is 330 Å². The first-order valence-corrected chi connectivity index (χ1v) is 26.4. The highest BCUT2D eigenvalue weighted by Crippen LogP contribution is 2.65. The average molecular weight is 966 g/mol. The summed E-state index contributed by atoms with van der Waals surface area (Å²) in [6.45, 7) is 0. The maximum Gasteiger partial charge on any atom is 0.159 e. The van der Waals surface area contributed by atoms with Gasteiger partial charge in [0.2, 0.25) is 0 Å². The molecule has 12 aromatic carbocycles. The summed E-state index contributed by atoms with van der Waals surface area (Å²) >= 11 is 0. The molecule has 0 saturated carbocycles. The van der Waals surface area contributed by atoms with Crippen LogP contribution in [0.15, 0.2) is 290 Å². The van der Waals surface area contributed by atoms with Crippen LogP contribution in [0.3, 0.4) is 0 Å². The lowest BCUT2D eigenvalue weighted by Crippen LogP contribution is -2.29. The zero-order chi connectivity index (χ0) is 50.0. The van der Waals surface area contributed by atoms with Crippen molar-refractivity contribution >= 4 is 39.0 Å². The molecule has 3 aliphatic rings. The number of anilines is 3. The molecule has 2 heteroatoms. The molecule has 1 heterocycles. The number of rotatable bonds is 7. The van der Waals surface area contributed by atoms with Crippen molar-refractivity contribution in [3.8, 4) is 55.6 Å². The topological polar surface area (TPSA) is 16.4 Å². The standard InChI is InChI=1S/C74H47NO/c1-3-21-48(22-4-1)50-25-17-27-52(45-50)73(53-28-18-26-51(46-53)49-23-5-2-6-24-49)62-35-12-7-31-57(62)58-44-43-54(47-67(58)73)75(69-41-19-34-60-59-32-11-16-42-70(59)76-72(60)69)68-40-20-39-66-71(68)61-33-10-15-38-65(61)74(66)63-36-13-8-29-55(63)56-30-9-14-37-64(56)74/h1-47H. The second kappa shape index (κ2) is 16.4. The van der Waals surface area contributed by atoms with Gasteiger partial charge in [-0.2, -0.15) is 0 Å². The first-order valence-electron chi connectivity index (χ1n) is 26.4. The van der Waals surface area contributed by atoms with E-state index in [0.717, 1.165) is 39.0 Å². The lowest BCUT2D eigenvalue weighted by atomic mass is 9.67. The zero-order valence-electron chi connectivity index (χ0n) is 41.5. The van der Waals surface area contributed by atoms with E-state index in [1.807, 2.05) is 0 Å². The molecule has 1 aromatic heterocycles. The predicted molar refractivity (Wildman–Crippen MR) is 313 cm³/mol. The summed E-state index contributed by atoms with van der Waals surface area (Å²) in [4.78, 5) is 2.51. The van der Waals surface area contributed by atoms with Gasteiger partial charge in [-0.3, -0.25) is 0 Å². The van der Waals surface area contributed by atoms with E-state index in [9.17, 15) is 0 Å². The summed E-state index contributed by atoms with van der Waals surface area (Å²) in [5.74, 6) is 0. The second-order valence-electron chi connectivity index (χ2n) is 20.6. The molecule has 0 atom stereocenters. The molecule has 0 fully saturated rings. The largest absolute Gasteiger partial charge is 0.454 e. The maximum atomic E-state index is 7.07. The molecule has 0 bridgehead atoms. The molecule has 0 saturated heterocycles. The fraction of sp³-hybridized carbons (Fsp3) is 0.0270. The number of benzene rings is 12. The van der Waals surface area contributed by atoms with Gasteiger partial charge in [0.25, 0.3) is 0 Å². The minimum Gasteiger partial charge on any atom is -0.454 e. The lowest BCUT2D eigenvalue weighted by Gasteiger charge is -2.36. The molecule has 0 amide bonds. The van der Waals surface area contributed by atoms with Crippen molar-refractivity contribution < 1.29 is 4.42 Å². The fourth-order valence-electron chi connectivity index (χ4n) is 13.9. The van der Waals surface area contributed by atoms with Crippen LogP contribution in [-0.4, -0.2) is 0 Å². The number of hydrogen-bond donors (Lipinski definition) is 0. The molecule has 354 valence electrons. The van der Waals surface area contributed by atoms with E-state index in [0.29, 0.717) is 0 Å². The Morgan fingerprint density at radius 2 is 0.724 bits per heavy atom. The average Bonchev–Trinajstić information content (AvgIpc) is 4.25. The molecule has 3 aliphatic carbocycles. The van der Waals surface area contributed by atoms with Gasteiger partial charge in [-0.1, -0.05) is 243 Å². The first-order chi connectivity index (χ1) is 37.7. The minimum absolute atomic E-state index is 0.519. The van der Waals surface area contributed by atoms with Gasteiger partial charge in [-0.05, 0) is 137 Å². The normalized spacial score (nSPS) is 13.7. The van der Waals surface area contributed by atoms with Gasteiger partial charge >= 0.3 is 0 Å². The molecular formula is C74H47NO. The third-order valence-electron chi connectivity index (χ3n) is 17.0. The van der Waals surface area contributed by atoms with Gasteiger partial charge in [0.05, 0.1) is 22.2 Å². The van der Waals surface area contributed by atoms with E-state index in [1.165, 1.54) is 100 Å². The fourth-order valence-corrected chi connectivity index (χ4v) is 13.9. The number of hydrogen-bond acceptors (Lipinski definition) is 2. The first kappa shape index (κ1) is 42.7. The highest BCUT2D eigenvalue weighted by atomic mass is 16.3. The van der Waals surface area contributed by atoms with Crippen LogP contribution < -0.4 is 4.90 Å². The predicted octanol–water partition coefficient (Wildman–Crippen LogP) is 19.1. The van der Waals surface area contributed by atoms with Crippen LogP contribution in [0.2, 0.25) is 0 Å². The molecule has 16 rings (SSSR count). The summed E-state index contributed by atoms with van der Waals surface area (Å²) in [5.41, 5.74) is 26.0. The Kier molecular flexibility index (Phi) is 9.20. The summed E-state index contributed by atoms with van der Waals surface area (Å²) in [5, 5.41) is 2.18. The quantitative estimate of drug-likeness (QED) is 0.158. The van der Waals surface area contributed by atoms with Crippen molar-refractivity contribution in [1.82, 2.24) is 0 Å². The lowest BCUT2D eigenvalue weighted by molar-refractivity contribution is 0.669. The third-order valence-corrected chi connectivity index (χ3v) is 17.0. The van der Waals surface area contributed by atoms with Gasteiger partial charge in [-0.15, -0.1) is 0 Å². The summed E-state index contributed by atoms with van der Waals surface area (Å²) in [7, 11) is 0. The van der Waals surface area contributed by atoms with Crippen molar-refractivity contribution in [2.24, 2.45) is 0 Å². The number of furan rings is 1. The molecule has 1 spiro atoms. The smallest absolute Gasteiger partial charge is 0.159 e. The van der Waals surface area contributed by atoms with Crippen molar-refractivity contribution in [1.29, 1.82) is 0 Å². The minimum atomic E-state index is -0.721. The molecule has 0 N–H and O–H groups in total. The van der Waals surface area contributed by atoms with Crippen molar-refractivity contribution in [2.45, 2.75) is 10.8 Å². The van der Waals surface area contributed by atoms with Crippen molar-refractivity contribution in [2.75, 3.05) is 4.90 Å². The van der Waals surface area contributed by atoms with E-state index >= 15 is 0 Å². The Labute approximate surface area is 442 Å². The second-order valence-corrected chi connectivity index (χ2v) is 20.6. The zero-order valence-corrected chi connectivity index (χ0v) is 41.5. The Balaban J connectivity index is 1.01. The van der Waals surface area contributed by atoms with Gasteiger partial charge in [0.1, 0.15) is 5.58 Å². The number of para-hydroxylation sites is 2. The molecule has 0 unspecified atom stereocenters. The highest BCUT2D eigenvalue weighted by molar-refractivity contribution is 6.12. The molecule has 76 heavy (non-hydrogen) atoms. The van der Waals surface area contributed by atoms with Gasteiger partial charge in [-0.25, -0.2) is 0 Å². The number of nitrogens with zero attached hydrogens (tertiary/aromatic N) is 1. The molecule has 2 nitrogen and oxygen atoms in total. The van der Waals surface area contributed by atoms with Crippen LogP contribution >= 0.6 is 0 Å². The van der Waals surface area contributed by atoms with Crippen LogP contribution in [0, 0.1) is 0 Å². The highest BCUT2D eigenvalue weighted by Gasteiger charge is 2.53. The van der Waals surface area contributed by atoms with E-state index in [1.54, 1.807) is 0 Å². The Hall–Kier alpha value is -9.76. The van der Waals surface area contributed by atoms with Crippen LogP contribution in [0.4, 0.5) is 17.1 Å². The van der Waals surface area contributed by atoms with Crippen LogP contribution in [0.1, 0.15) is 44.5 Å². The van der Waals surface area contributed by atoms with E-state index < -0.39 is 10.8 Å². The molecular weight excluding hydrogens is 919 g/mol. The van der Waals surface area contributed by atoms with E-state index in [4.69, 9.17) is 4.42 Å². The number of fused-ring (bicyclic) bond motifs is 16. The van der Waals surface area contributed by atoms with Crippen LogP contribution in [0.5, 0.6) is 0 Å². The van der Waals surface area contributed by atoms with Crippen LogP contribution in [0.25, 0.3) is 77.6 Å². The maximum absolute atomic E-state index is 7.07. The van der Waals surface area contributed by atoms with Gasteiger partial charge in [0, 0.05) is 22.0 Å². The molecule has 0 radical (unpaired) electrons. The van der Waals surface area contributed by atoms with E-state index in [2.05, 4.69) is 290 Å². The third kappa shape index (κ3) is 5.81. The Morgan fingerprint density at radius 3 is 1.36 bits per heavy atom. The summed E-state index contributed by atoms with van der Waals surface area (Å²) in [6.07, 6.45) is 0. The molecule has 13 aromatic rings. The Bertz CT molecular complexity index is 4360. The van der Waals surface area contributed by atoms with Crippen LogP contribution in [-0.2, 0) is 10.8 Å².